The monoisotopic (exact) mass is 547 g/mol. The van der Waals surface area contributed by atoms with E-state index in [4.69, 9.17) is 4.98 Å². The summed E-state index contributed by atoms with van der Waals surface area (Å²) < 4.78 is 0. The van der Waals surface area contributed by atoms with Crippen molar-refractivity contribution < 1.29 is 20.1 Å². The summed E-state index contributed by atoms with van der Waals surface area (Å²) in [4.78, 5) is 4.96. The molecule has 139 valence electrons. The minimum absolute atomic E-state index is 0. The van der Waals surface area contributed by atoms with Crippen molar-refractivity contribution >= 4 is 10.9 Å². The molecule has 29 heavy (non-hydrogen) atoms. The summed E-state index contributed by atoms with van der Waals surface area (Å²) in [5.41, 5.74) is 10.5. The van der Waals surface area contributed by atoms with E-state index in [1.54, 1.807) is 0 Å². The average molecular weight is 547 g/mol. The fourth-order valence-corrected chi connectivity index (χ4v) is 4.21. The molecule has 1 heterocycles. The molecule has 0 bridgehead atoms. The van der Waals surface area contributed by atoms with Gasteiger partial charge in [-0.05, 0) is 34.0 Å². The molecular weight excluding hydrogens is 531 g/mol. The zero-order valence-electron chi connectivity index (χ0n) is 15.5. The van der Waals surface area contributed by atoms with Gasteiger partial charge in [0.05, 0.1) is 5.52 Å². The molecule has 0 spiro atoms. The fraction of sp³-hybridized carbons (Fsp3) is 0. The van der Waals surface area contributed by atoms with E-state index >= 15 is 0 Å². The first-order valence-electron chi connectivity index (χ1n) is 9.49. The van der Waals surface area contributed by atoms with Gasteiger partial charge in [-0.3, -0.25) is 4.98 Å². The SMILES string of the molecule is [Ir].[c-]1cc(-c2ccccc2)ccc1-c1cc2c3c(cccc3n1)-c1ccccc1-2. The summed E-state index contributed by atoms with van der Waals surface area (Å²) in [6.45, 7) is 0. The average Bonchev–Trinajstić information content (AvgIpc) is 3.10. The van der Waals surface area contributed by atoms with Crippen LogP contribution in [-0.2, 0) is 20.1 Å². The van der Waals surface area contributed by atoms with Crippen LogP contribution in [0.3, 0.4) is 0 Å². The zero-order valence-corrected chi connectivity index (χ0v) is 17.9. The summed E-state index contributed by atoms with van der Waals surface area (Å²) in [7, 11) is 0. The quantitative estimate of drug-likeness (QED) is 0.213. The van der Waals surface area contributed by atoms with E-state index in [9.17, 15) is 0 Å². The van der Waals surface area contributed by atoms with Crippen LogP contribution in [0.2, 0.25) is 0 Å². The molecule has 5 aromatic rings. The first-order chi connectivity index (χ1) is 13.9. The van der Waals surface area contributed by atoms with Crippen LogP contribution in [0.25, 0.3) is 55.5 Å². The standard InChI is InChI=1S/C27H16N.Ir/c1-2-7-18(8-3-1)19-13-15-20(16-14-19)26-17-24-22-10-5-4-9-21(22)23-11-6-12-25(28-26)27(23)24;/h1-15,17H;/q-1;. The van der Waals surface area contributed by atoms with Gasteiger partial charge in [-0.25, -0.2) is 0 Å². The first-order valence-corrected chi connectivity index (χ1v) is 9.49. The second-order valence-corrected chi connectivity index (χ2v) is 7.16. The van der Waals surface area contributed by atoms with Crippen molar-refractivity contribution in [1.82, 2.24) is 4.98 Å². The Morgan fingerprint density at radius 1 is 0.586 bits per heavy atom. The summed E-state index contributed by atoms with van der Waals surface area (Å²) in [5.74, 6) is 0. The number of pyridine rings is 1. The maximum absolute atomic E-state index is 4.96. The Labute approximate surface area is 183 Å². The van der Waals surface area contributed by atoms with Crippen LogP contribution in [0.5, 0.6) is 0 Å². The Kier molecular flexibility index (Phi) is 4.39. The predicted molar refractivity (Wildman–Crippen MR) is 116 cm³/mol. The Balaban J connectivity index is 0.00000181. The van der Waals surface area contributed by atoms with Crippen LogP contribution in [0.4, 0.5) is 0 Å². The van der Waals surface area contributed by atoms with Gasteiger partial charge in [-0.1, -0.05) is 83.9 Å². The van der Waals surface area contributed by atoms with E-state index in [0.717, 1.165) is 16.8 Å². The molecule has 1 aromatic heterocycles. The Hall–Kier alpha value is -3.06. The Bertz CT molecular complexity index is 1340. The van der Waals surface area contributed by atoms with Gasteiger partial charge in [-0.2, -0.15) is 0 Å². The number of fused-ring (bicyclic) bond motifs is 3. The largest absolute Gasteiger partial charge is 0.296 e. The van der Waals surface area contributed by atoms with Crippen molar-refractivity contribution in [3.05, 3.63) is 103 Å². The molecular formula is C27H16IrN-. The van der Waals surface area contributed by atoms with Gasteiger partial charge < -0.3 is 0 Å². The minimum atomic E-state index is 0. The van der Waals surface area contributed by atoms with Crippen molar-refractivity contribution in [3.63, 3.8) is 0 Å². The van der Waals surface area contributed by atoms with Crippen LogP contribution >= 0.6 is 0 Å². The predicted octanol–water partition coefficient (Wildman–Crippen LogP) is 7.01. The van der Waals surface area contributed by atoms with E-state index in [2.05, 4.69) is 97.1 Å². The molecule has 1 aliphatic carbocycles. The third-order valence-corrected chi connectivity index (χ3v) is 5.54. The number of rotatable bonds is 2. The van der Waals surface area contributed by atoms with E-state index < -0.39 is 0 Å². The molecule has 4 aromatic carbocycles. The molecule has 0 aliphatic heterocycles. The van der Waals surface area contributed by atoms with Crippen molar-refractivity contribution in [1.29, 1.82) is 0 Å². The topological polar surface area (TPSA) is 12.9 Å². The van der Waals surface area contributed by atoms with Crippen LogP contribution < -0.4 is 0 Å². The van der Waals surface area contributed by atoms with Gasteiger partial charge in [0.2, 0.25) is 0 Å². The number of nitrogens with zero attached hydrogens (tertiary/aromatic N) is 1. The van der Waals surface area contributed by atoms with Crippen molar-refractivity contribution in [2.75, 3.05) is 0 Å². The molecule has 1 aliphatic rings. The summed E-state index contributed by atoms with van der Waals surface area (Å²) in [6.07, 6.45) is 0. The van der Waals surface area contributed by atoms with Gasteiger partial charge in [0.15, 0.2) is 0 Å². The van der Waals surface area contributed by atoms with E-state index in [1.807, 2.05) is 6.07 Å². The third kappa shape index (κ3) is 2.84. The Morgan fingerprint density at radius 3 is 2.07 bits per heavy atom. The summed E-state index contributed by atoms with van der Waals surface area (Å²) in [6, 6.07) is 37.4. The number of hydrogen-bond acceptors (Lipinski definition) is 1. The minimum Gasteiger partial charge on any atom is -0.296 e. The summed E-state index contributed by atoms with van der Waals surface area (Å²) in [5, 5.41) is 1.26. The molecule has 0 saturated heterocycles. The van der Waals surface area contributed by atoms with Crippen molar-refractivity contribution in [3.8, 4) is 44.6 Å². The van der Waals surface area contributed by atoms with Crippen molar-refractivity contribution in [2.45, 2.75) is 0 Å². The van der Waals surface area contributed by atoms with Gasteiger partial charge in [0.1, 0.15) is 0 Å². The molecule has 0 saturated carbocycles. The first kappa shape index (κ1) is 18.0. The number of hydrogen-bond donors (Lipinski definition) is 0. The molecule has 2 heteroatoms. The second kappa shape index (κ2) is 7.08. The number of aromatic nitrogens is 1. The maximum atomic E-state index is 4.96. The van der Waals surface area contributed by atoms with Crippen LogP contribution in [-0.4, -0.2) is 4.98 Å². The van der Waals surface area contributed by atoms with Gasteiger partial charge in [-0.15, -0.1) is 29.8 Å². The molecule has 0 fully saturated rings. The molecule has 1 nitrogen and oxygen atoms in total. The van der Waals surface area contributed by atoms with E-state index in [-0.39, 0.29) is 20.1 Å². The molecule has 0 unspecified atom stereocenters. The number of benzene rings is 4. The van der Waals surface area contributed by atoms with Crippen LogP contribution in [0.1, 0.15) is 0 Å². The third-order valence-electron chi connectivity index (χ3n) is 5.54. The molecule has 6 rings (SSSR count). The maximum Gasteiger partial charge on any atom is 0.0607 e. The smallest absolute Gasteiger partial charge is 0.0607 e. The molecule has 0 amide bonds. The fourth-order valence-electron chi connectivity index (χ4n) is 4.21. The van der Waals surface area contributed by atoms with E-state index in [0.29, 0.717) is 0 Å². The Morgan fingerprint density at radius 2 is 1.31 bits per heavy atom. The van der Waals surface area contributed by atoms with Gasteiger partial charge in [0, 0.05) is 25.5 Å². The summed E-state index contributed by atoms with van der Waals surface area (Å²) >= 11 is 0. The molecule has 0 atom stereocenters. The second-order valence-electron chi connectivity index (χ2n) is 7.16. The molecule has 1 radical (unpaired) electrons. The van der Waals surface area contributed by atoms with Crippen molar-refractivity contribution in [2.24, 2.45) is 0 Å². The normalized spacial score (nSPS) is 11.2. The molecule has 0 N–H and O–H groups in total. The van der Waals surface area contributed by atoms with Gasteiger partial charge in [0.25, 0.3) is 0 Å². The van der Waals surface area contributed by atoms with Crippen LogP contribution in [0.15, 0.2) is 97.1 Å². The van der Waals surface area contributed by atoms with Gasteiger partial charge >= 0.3 is 0 Å². The van der Waals surface area contributed by atoms with E-state index in [1.165, 1.54) is 38.8 Å². The van der Waals surface area contributed by atoms with Crippen LogP contribution in [0, 0.1) is 6.07 Å². The zero-order chi connectivity index (χ0) is 18.5.